The summed E-state index contributed by atoms with van der Waals surface area (Å²) in [5.41, 5.74) is 7.39. The number of nitrogens with zero attached hydrogens (tertiary/aromatic N) is 4. The van der Waals surface area contributed by atoms with Crippen LogP contribution in [0.25, 0.3) is 16.6 Å². The van der Waals surface area contributed by atoms with E-state index in [1.165, 1.54) is 0 Å². The van der Waals surface area contributed by atoms with E-state index in [1.807, 2.05) is 30.3 Å². The third-order valence-corrected chi connectivity index (χ3v) is 3.73. The Bertz CT molecular complexity index is 817. The molecule has 1 aromatic carbocycles. The number of hydrogen-bond donors (Lipinski definition) is 2. The van der Waals surface area contributed by atoms with Crippen LogP contribution in [0.1, 0.15) is 0 Å². The second kappa shape index (κ2) is 5.41. The number of carboxylic acids is 1. The standard InChI is InChI=1S/C13H11N5O2S/c14-12-16-17-13(21-7-11(19)20)18(12)9-5-8-3-1-2-4-10(8)15-6-9/h1-6H,7H2,(H2,14,16)(H,19,20). The molecule has 0 radical (unpaired) electrons. The second-order valence-electron chi connectivity index (χ2n) is 4.24. The SMILES string of the molecule is Nc1nnc(SCC(=O)O)n1-c1cnc2ccccc2c1. The summed E-state index contributed by atoms with van der Waals surface area (Å²) in [6.45, 7) is 0. The molecule has 0 unspecified atom stereocenters. The average molecular weight is 301 g/mol. The van der Waals surface area contributed by atoms with Crippen LogP contribution in [0.15, 0.2) is 41.7 Å². The Labute approximate surface area is 123 Å². The van der Waals surface area contributed by atoms with Gasteiger partial charge in [0.25, 0.3) is 0 Å². The maximum absolute atomic E-state index is 10.7. The number of benzene rings is 1. The molecule has 8 heteroatoms. The molecule has 2 heterocycles. The van der Waals surface area contributed by atoms with Crippen molar-refractivity contribution in [1.29, 1.82) is 0 Å². The number of rotatable bonds is 4. The van der Waals surface area contributed by atoms with E-state index in [9.17, 15) is 4.79 Å². The summed E-state index contributed by atoms with van der Waals surface area (Å²) < 4.78 is 1.59. The predicted octanol–water partition coefficient (Wildman–Crippen LogP) is 1.57. The van der Waals surface area contributed by atoms with Crippen LogP contribution >= 0.6 is 11.8 Å². The fourth-order valence-corrected chi connectivity index (χ4v) is 2.60. The molecule has 0 spiro atoms. The first-order valence-corrected chi connectivity index (χ1v) is 7.04. The monoisotopic (exact) mass is 301 g/mol. The highest BCUT2D eigenvalue weighted by atomic mass is 32.2. The Kier molecular flexibility index (Phi) is 3.44. The van der Waals surface area contributed by atoms with E-state index in [0.717, 1.165) is 22.7 Å². The number of aromatic nitrogens is 4. The smallest absolute Gasteiger partial charge is 0.313 e. The molecule has 0 atom stereocenters. The Morgan fingerprint density at radius 1 is 1.33 bits per heavy atom. The topological polar surface area (TPSA) is 107 Å². The molecule has 3 rings (SSSR count). The number of hydrogen-bond acceptors (Lipinski definition) is 6. The van der Waals surface area contributed by atoms with Gasteiger partial charge in [-0.05, 0) is 12.1 Å². The summed E-state index contributed by atoms with van der Waals surface area (Å²) >= 11 is 1.06. The number of carboxylic acid groups (broad SMARTS) is 1. The zero-order chi connectivity index (χ0) is 14.8. The van der Waals surface area contributed by atoms with Gasteiger partial charge in [-0.25, -0.2) is 0 Å². The minimum absolute atomic E-state index is 0.112. The number of nitrogen functional groups attached to an aromatic ring is 1. The van der Waals surface area contributed by atoms with Crippen LogP contribution < -0.4 is 5.73 Å². The van der Waals surface area contributed by atoms with Crippen LogP contribution in [0.3, 0.4) is 0 Å². The molecule has 0 saturated carbocycles. The molecule has 2 aromatic heterocycles. The zero-order valence-electron chi connectivity index (χ0n) is 10.8. The van der Waals surface area contributed by atoms with Crippen molar-refractivity contribution in [2.75, 3.05) is 11.5 Å². The number of para-hydroxylation sites is 1. The molecule has 0 saturated heterocycles. The molecule has 0 amide bonds. The van der Waals surface area contributed by atoms with Gasteiger partial charge in [0.15, 0.2) is 5.16 Å². The molecular formula is C13H11N5O2S. The molecule has 7 nitrogen and oxygen atoms in total. The van der Waals surface area contributed by atoms with E-state index < -0.39 is 5.97 Å². The van der Waals surface area contributed by atoms with Gasteiger partial charge in [-0.2, -0.15) is 0 Å². The van der Waals surface area contributed by atoms with Gasteiger partial charge < -0.3 is 10.8 Å². The number of pyridine rings is 1. The van der Waals surface area contributed by atoms with Crippen molar-refractivity contribution in [3.63, 3.8) is 0 Å². The Balaban J connectivity index is 2.05. The van der Waals surface area contributed by atoms with Crippen molar-refractivity contribution in [3.05, 3.63) is 36.5 Å². The lowest BCUT2D eigenvalue weighted by atomic mass is 10.2. The van der Waals surface area contributed by atoms with Gasteiger partial charge in [-0.3, -0.25) is 14.3 Å². The van der Waals surface area contributed by atoms with Gasteiger partial charge in [-0.15, -0.1) is 10.2 Å². The Morgan fingerprint density at radius 2 is 2.14 bits per heavy atom. The van der Waals surface area contributed by atoms with Crippen molar-refractivity contribution >= 4 is 34.6 Å². The highest BCUT2D eigenvalue weighted by Gasteiger charge is 2.14. The van der Waals surface area contributed by atoms with E-state index in [0.29, 0.717) is 10.8 Å². The van der Waals surface area contributed by atoms with Gasteiger partial charge in [-0.1, -0.05) is 30.0 Å². The Hall–Kier alpha value is -2.61. The quantitative estimate of drug-likeness (QED) is 0.704. The largest absolute Gasteiger partial charge is 0.481 e. The predicted molar refractivity (Wildman–Crippen MR) is 79.4 cm³/mol. The summed E-state index contributed by atoms with van der Waals surface area (Å²) in [7, 11) is 0. The molecule has 0 fully saturated rings. The van der Waals surface area contributed by atoms with Crippen LogP contribution in [0.2, 0.25) is 0 Å². The fourth-order valence-electron chi connectivity index (χ4n) is 1.93. The van der Waals surface area contributed by atoms with Gasteiger partial charge in [0.2, 0.25) is 5.95 Å². The Morgan fingerprint density at radius 3 is 2.95 bits per heavy atom. The second-order valence-corrected chi connectivity index (χ2v) is 5.19. The van der Waals surface area contributed by atoms with Crippen LogP contribution in [0.5, 0.6) is 0 Å². The minimum atomic E-state index is -0.926. The van der Waals surface area contributed by atoms with E-state index >= 15 is 0 Å². The number of carbonyl (C=O) groups is 1. The van der Waals surface area contributed by atoms with E-state index in [-0.39, 0.29) is 11.7 Å². The van der Waals surface area contributed by atoms with Crippen molar-refractivity contribution in [1.82, 2.24) is 19.7 Å². The molecule has 0 aliphatic carbocycles. The number of fused-ring (bicyclic) bond motifs is 1. The normalized spacial score (nSPS) is 10.9. The average Bonchev–Trinajstić information content (AvgIpc) is 2.85. The van der Waals surface area contributed by atoms with E-state index in [2.05, 4.69) is 15.2 Å². The van der Waals surface area contributed by atoms with E-state index in [1.54, 1.807) is 10.8 Å². The first-order valence-electron chi connectivity index (χ1n) is 6.06. The van der Waals surface area contributed by atoms with Gasteiger partial charge in [0.1, 0.15) is 0 Å². The zero-order valence-corrected chi connectivity index (χ0v) is 11.6. The lowest BCUT2D eigenvalue weighted by molar-refractivity contribution is -0.133. The number of nitrogens with two attached hydrogens (primary N) is 1. The first-order chi connectivity index (χ1) is 10.1. The van der Waals surface area contributed by atoms with Crippen molar-refractivity contribution < 1.29 is 9.90 Å². The lowest BCUT2D eigenvalue weighted by Gasteiger charge is -2.08. The molecule has 0 aliphatic heterocycles. The van der Waals surface area contributed by atoms with Gasteiger partial charge in [0.05, 0.1) is 23.2 Å². The lowest BCUT2D eigenvalue weighted by Crippen LogP contribution is -2.05. The molecule has 3 aromatic rings. The maximum Gasteiger partial charge on any atom is 0.313 e. The molecular weight excluding hydrogens is 290 g/mol. The van der Waals surface area contributed by atoms with Crippen LogP contribution in [0.4, 0.5) is 5.95 Å². The first kappa shape index (κ1) is 13.4. The summed E-state index contributed by atoms with van der Waals surface area (Å²) in [4.78, 5) is 15.0. The third-order valence-electron chi connectivity index (χ3n) is 2.82. The van der Waals surface area contributed by atoms with E-state index in [4.69, 9.17) is 10.8 Å². The summed E-state index contributed by atoms with van der Waals surface area (Å²) in [5, 5.41) is 17.8. The van der Waals surface area contributed by atoms with Crippen molar-refractivity contribution in [2.45, 2.75) is 5.16 Å². The number of thioether (sulfide) groups is 1. The maximum atomic E-state index is 10.7. The van der Waals surface area contributed by atoms with Crippen molar-refractivity contribution in [3.8, 4) is 5.69 Å². The summed E-state index contributed by atoms with van der Waals surface area (Å²) in [6.07, 6.45) is 1.66. The highest BCUT2D eigenvalue weighted by Crippen LogP contribution is 2.24. The third kappa shape index (κ3) is 2.65. The van der Waals surface area contributed by atoms with Gasteiger partial charge >= 0.3 is 5.97 Å². The van der Waals surface area contributed by atoms with Crippen LogP contribution in [-0.2, 0) is 4.79 Å². The summed E-state index contributed by atoms with van der Waals surface area (Å²) in [6, 6.07) is 9.59. The highest BCUT2D eigenvalue weighted by molar-refractivity contribution is 7.99. The van der Waals surface area contributed by atoms with Gasteiger partial charge in [0, 0.05) is 5.39 Å². The van der Waals surface area contributed by atoms with Crippen LogP contribution in [-0.4, -0.2) is 36.6 Å². The molecule has 3 N–H and O–H groups in total. The summed E-state index contributed by atoms with van der Waals surface area (Å²) in [5.74, 6) is -0.844. The minimum Gasteiger partial charge on any atom is -0.481 e. The molecule has 0 aliphatic rings. The molecule has 106 valence electrons. The van der Waals surface area contributed by atoms with Crippen molar-refractivity contribution in [2.24, 2.45) is 0 Å². The number of aliphatic carboxylic acids is 1. The number of anilines is 1. The fraction of sp³-hybridized carbons (Fsp3) is 0.0769. The molecule has 21 heavy (non-hydrogen) atoms. The molecule has 0 bridgehead atoms. The van der Waals surface area contributed by atoms with Crippen LogP contribution in [0, 0.1) is 0 Å².